The Hall–Kier alpha value is -1.81. The molecule has 1 aromatic heterocycles. The Kier molecular flexibility index (Phi) is 4.08. The van der Waals surface area contributed by atoms with Crippen LogP contribution in [-0.4, -0.2) is 28.3 Å². The second-order valence-corrected chi connectivity index (χ2v) is 4.15. The minimum atomic E-state index is -0.419. The highest BCUT2D eigenvalue weighted by molar-refractivity contribution is 8.00. The fourth-order valence-corrected chi connectivity index (χ4v) is 1.67. The fourth-order valence-electron chi connectivity index (χ4n) is 0.893. The Morgan fingerprint density at radius 3 is 2.94 bits per heavy atom. The van der Waals surface area contributed by atoms with Gasteiger partial charge in [0.05, 0.1) is 13.3 Å². The van der Waals surface area contributed by atoms with Crippen molar-refractivity contribution in [3.8, 4) is 6.07 Å². The molecule has 0 fully saturated rings. The first-order valence-corrected chi connectivity index (χ1v) is 5.23. The molecule has 0 aliphatic heterocycles. The van der Waals surface area contributed by atoms with E-state index < -0.39 is 5.25 Å². The van der Waals surface area contributed by atoms with Gasteiger partial charge in [-0.25, -0.2) is 9.97 Å². The van der Waals surface area contributed by atoms with Gasteiger partial charge < -0.3 is 10.5 Å². The van der Waals surface area contributed by atoms with E-state index in [1.165, 1.54) is 13.3 Å². The Labute approximate surface area is 96.8 Å². The van der Waals surface area contributed by atoms with Crippen molar-refractivity contribution in [2.75, 3.05) is 12.8 Å². The number of carbonyl (C=O) groups excluding carboxylic acids is 1. The van der Waals surface area contributed by atoms with E-state index in [-0.39, 0.29) is 17.4 Å². The minimum Gasteiger partial charge on any atom is -0.468 e. The Morgan fingerprint density at radius 2 is 2.44 bits per heavy atom. The number of hydrogen-bond donors (Lipinski definition) is 1. The van der Waals surface area contributed by atoms with E-state index in [9.17, 15) is 4.79 Å². The van der Waals surface area contributed by atoms with Gasteiger partial charge >= 0.3 is 5.97 Å². The van der Waals surface area contributed by atoms with Crippen LogP contribution in [0.2, 0.25) is 0 Å². The molecule has 0 saturated carbocycles. The number of methoxy groups -OCH3 is 1. The lowest BCUT2D eigenvalue weighted by molar-refractivity contribution is -0.139. The van der Waals surface area contributed by atoms with Gasteiger partial charge in [0.1, 0.15) is 22.7 Å². The summed E-state index contributed by atoms with van der Waals surface area (Å²) in [4.78, 5) is 19.0. The number of nitrogen functional groups attached to an aromatic ring is 1. The molecule has 2 N–H and O–H groups in total. The number of nitrogens with two attached hydrogens (primary N) is 1. The molecule has 0 aromatic carbocycles. The van der Waals surface area contributed by atoms with Crippen LogP contribution < -0.4 is 5.73 Å². The van der Waals surface area contributed by atoms with Crippen LogP contribution in [0.25, 0.3) is 0 Å². The van der Waals surface area contributed by atoms with E-state index in [1.54, 1.807) is 6.92 Å². The van der Waals surface area contributed by atoms with Gasteiger partial charge in [0.15, 0.2) is 5.16 Å². The molecule has 1 unspecified atom stereocenters. The van der Waals surface area contributed by atoms with E-state index in [0.29, 0.717) is 5.16 Å². The first-order chi connectivity index (χ1) is 7.58. The Bertz CT molecular complexity index is 444. The van der Waals surface area contributed by atoms with Crippen LogP contribution in [0.1, 0.15) is 12.5 Å². The maximum Gasteiger partial charge on any atom is 0.318 e. The average molecular weight is 238 g/mol. The number of carbonyl (C=O) groups is 1. The summed E-state index contributed by atoms with van der Waals surface area (Å²) in [6.07, 6.45) is 1.33. The predicted molar refractivity (Wildman–Crippen MR) is 58.5 cm³/mol. The molecular formula is C9H10N4O2S. The molecular weight excluding hydrogens is 228 g/mol. The molecule has 0 radical (unpaired) electrons. The van der Waals surface area contributed by atoms with Crippen LogP contribution in [0, 0.1) is 11.3 Å². The SMILES string of the molecule is COC(=O)C(C)Sc1ncc(C#N)c(N)n1. The van der Waals surface area contributed by atoms with Gasteiger partial charge in [0.2, 0.25) is 0 Å². The third-order valence-corrected chi connectivity index (χ3v) is 2.69. The molecule has 0 amide bonds. The van der Waals surface area contributed by atoms with Gasteiger partial charge in [-0.2, -0.15) is 5.26 Å². The van der Waals surface area contributed by atoms with E-state index in [4.69, 9.17) is 11.0 Å². The van der Waals surface area contributed by atoms with E-state index >= 15 is 0 Å². The van der Waals surface area contributed by atoms with Crippen molar-refractivity contribution in [3.05, 3.63) is 11.8 Å². The summed E-state index contributed by atoms with van der Waals surface area (Å²) in [5, 5.41) is 8.55. The van der Waals surface area contributed by atoms with Gasteiger partial charge in [-0.15, -0.1) is 0 Å². The van der Waals surface area contributed by atoms with Gasteiger partial charge in [-0.3, -0.25) is 4.79 Å². The predicted octanol–water partition coefficient (Wildman–Crippen LogP) is 0.584. The number of esters is 1. The molecule has 0 spiro atoms. The number of aromatic nitrogens is 2. The highest BCUT2D eigenvalue weighted by Crippen LogP contribution is 2.21. The molecule has 7 heteroatoms. The molecule has 1 atom stereocenters. The van der Waals surface area contributed by atoms with Gasteiger partial charge in [0.25, 0.3) is 0 Å². The zero-order chi connectivity index (χ0) is 12.1. The molecule has 1 aromatic rings. The summed E-state index contributed by atoms with van der Waals surface area (Å²) in [5.41, 5.74) is 5.73. The topological polar surface area (TPSA) is 102 Å². The van der Waals surface area contributed by atoms with Gasteiger partial charge in [-0.1, -0.05) is 11.8 Å². The van der Waals surface area contributed by atoms with Crippen molar-refractivity contribution in [3.63, 3.8) is 0 Å². The summed E-state index contributed by atoms with van der Waals surface area (Å²) in [6.45, 7) is 1.67. The molecule has 0 bridgehead atoms. The van der Waals surface area contributed by atoms with Crippen LogP contribution in [0.4, 0.5) is 5.82 Å². The summed E-state index contributed by atoms with van der Waals surface area (Å²) in [5.74, 6) is -0.256. The summed E-state index contributed by atoms with van der Waals surface area (Å²) >= 11 is 1.12. The second kappa shape index (κ2) is 5.32. The summed E-state index contributed by atoms with van der Waals surface area (Å²) in [6, 6.07) is 1.86. The van der Waals surface area contributed by atoms with Crippen LogP contribution in [0.15, 0.2) is 11.4 Å². The van der Waals surface area contributed by atoms with E-state index in [1.807, 2.05) is 6.07 Å². The number of nitriles is 1. The third kappa shape index (κ3) is 2.84. The lowest BCUT2D eigenvalue weighted by atomic mass is 10.3. The summed E-state index contributed by atoms with van der Waals surface area (Å²) in [7, 11) is 1.31. The first kappa shape index (κ1) is 12.3. The smallest absolute Gasteiger partial charge is 0.318 e. The van der Waals surface area contributed by atoms with Crippen molar-refractivity contribution in [1.29, 1.82) is 5.26 Å². The van der Waals surface area contributed by atoms with Crippen molar-refractivity contribution in [2.24, 2.45) is 0 Å². The molecule has 0 aliphatic carbocycles. The first-order valence-electron chi connectivity index (χ1n) is 4.35. The largest absolute Gasteiger partial charge is 0.468 e. The number of anilines is 1. The Balaban J connectivity index is 2.80. The van der Waals surface area contributed by atoms with Crippen molar-refractivity contribution < 1.29 is 9.53 Å². The Morgan fingerprint density at radius 1 is 1.75 bits per heavy atom. The molecule has 0 aliphatic rings. The number of thioether (sulfide) groups is 1. The quantitative estimate of drug-likeness (QED) is 0.467. The molecule has 0 saturated heterocycles. The van der Waals surface area contributed by atoms with Crippen LogP contribution in [0.5, 0.6) is 0 Å². The molecule has 6 nitrogen and oxygen atoms in total. The van der Waals surface area contributed by atoms with Gasteiger partial charge in [0, 0.05) is 0 Å². The van der Waals surface area contributed by atoms with Gasteiger partial charge in [-0.05, 0) is 6.92 Å². The lowest BCUT2D eigenvalue weighted by Gasteiger charge is -2.07. The standard InChI is InChI=1S/C9H10N4O2S/c1-5(8(14)15-2)16-9-12-4-6(3-10)7(11)13-9/h4-5H,1-2H3,(H2,11,12,13). The number of rotatable bonds is 3. The average Bonchev–Trinajstić information content (AvgIpc) is 2.28. The fraction of sp³-hybridized carbons (Fsp3) is 0.333. The molecule has 84 valence electrons. The normalized spacial score (nSPS) is 11.6. The minimum absolute atomic E-state index is 0.108. The zero-order valence-corrected chi connectivity index (χ0v) is 9.61. The maximum atomic E-state index is 11.1. The van der Waals surface area contributed by atoms with Crippen molar-refractivity contribution >= 4 is 23.5 Å². The monoisotopic (exact) mass is 238 g/mol. The van der Waals surface area contributed by atoms with Crippen LogP contribution >= 0.6 is 11.8 Å². The number of hydrogen-bond acceptors (Lipinski definition) is 7. The number of ether oxygens (including phenoxy) is 1. The third-order valence-electron chi connectivity index (χ3n) is 1.73. The summed E-state index contributed by atoms with van der Waals surface area (Å²) < 4.78 is 4.56. The molecule has 1 rings (SSSR count). The highest BCUT2D eigenvalue weighted by Gasteiger charge is 2.16. The van der Waals surface area contributed by atoms with Crippen LogP contribution in [-0.2, 0) is 9.53 Å². The zero-order valence-electron chi connectivity index (χ0n) is 8.80. The number of nitrogens with zero attached hydrogens (tertiary/aromatic N) is 3. The molecule has 1 heterocycles. The highest BCUT2D eigenvalue weighted by atomic mass is 32.2. The molecule has 16 heavy (non-hydrogen) atoms. The maximum absolute atomic E-state index is 11.1. The van der Waals surface area contributed by atoms with Crippen molar-refractivity contribution in [2.45, 2.75) is 17.3 Å². The lowest BCUT2D eigenvalue weighted by Crippen LogP contribution is -2.15. The second-order valence-electron chi connectivity index (χ2n) is 2.85. The van der Waals surface area contributed by atoms with Crippen molar-refractivity contribution in [1.82, 2.24) is 9.97 Å². The van der Waals surface area contributed by atoms with E-state index in [2.05, 4.69) is 14.7 Å². The van der Waals surface area contributed by atoms with Crippen LogP contribution in [0.3, 0.4) is 0 Å². The van der Waals surface area contributed by atoms with E-state index in [0.717, 1.165) is 11.8 Å².